The van der Waals surface area contributed by atoms with E-state index in [9.17, 15) is 4.79 Å². The molecule has 2 rings (SSSR count). The summed E-state index contributed by atoms with van der Waals surface area (Å²) < 4.78 is 0. The minimum absolute atomic E-state index is 0.135. The number of aryl methyl sites for hydroxylation is 1. The molecule has 1 heterocycles. The number of carbonyl (C=O) groups excluding carboxylic acids is 1. The molecule has 0 saturated carbocycles. The highest BCUT2D eigenvalue weighted by Gasteiger charge is 2.18. The lowest BCUT2D eigenvalue weighted by Gasteiger charge is -2.21. The van der Waals surface area contributed by atoms with Crippen LogP contribution in [-0.4, -0.2) is 29.2 Å². The SMILES string of the molecule is CCN(C(=O)c1ccc(NCCC(C)C)nn1)c1cccc(C)c1. The number of benzene rings is 1. The van der Waals surface area contributed by atoms with Crippen LogP contribution in [0.15, 0.2) is 36.4 Å². The van der Waals surface area contributed by atoms with E-state index in [1.54, 1.807) is 11.0 Å². The fraction of sp³-hybridized carbons (Fsp3) is 0.421. The van der Waals surface area contributed by atoms with Crippen LogP contribution in [-0.2, 0) is 0 Å². The fourth-order valence-electron chi connectivity index (χ4n) is 2.41. The molecule has 0 radical (unpaired) electrons. The zero-order valence-electron chi connectivity index (χ0n) is 14.9. The lowest BCUT2D eigenvalue weighted by atomic mass is 10.1. The Morgan fingerprint density at radius 3 is 2.58 bits per heavy atom. The van der Waals surface area contributed by atoms with Crippen LogP contribution in [0, 0.1) is 12.8 Å². The van der Waals surface area contributed by atoms with E-state index in [-0.39, 0.29) is 5.91 Å². The van der Waals surface area contributed by atoms with Gasteiger partial charge in [-0.2, -0.15) is 0 Å². The number of nitrogens with one attached hydrogen (secondary N) is 1. The Balaban J connectivity index is 2.08. The highest BCUT2D eigenvalue weighted by atomic mass is 16.2. The number of nitrogens with zero attached hydrogens (tertiary/aromatic N) is 3. The molecule has 0 fully saturated rings. The van der Waals surface area contributed by atoms with Crippen molar-refractivity contribution in [1.29, 1.82) is 0 Å². The van der Waals surface area contributed by atoms with Crippen molar-refractivity contribution >= 4 is 17.4 Å². The van der Waals surface area contributed by atoms with E-state index in [0.29, 0.717) is 24.0 Å². The van der Waals surface area contributed by atoms with Crippen LogP contribution < -0.4 is 10.2 Å². The quantitative estimate of drug-likeness (QED) is 0.838. The number of rotatable bonds is 7. The second-order valence-corrected chi connectivity index (χ2v) is 6.30. The van der Waals surface area contributed by atoms with Crippen molar-refractivity contribution < 1.29 is 4.79 Å². The Labute approximate surface area is 144 Å². The largest absolute Gasteiger partial charge is 0.369 e. The number of aromatic nitrogens is 2. The maximum absolute atomic E-state index is 12.7. The summed E-state index contributed by atoms with van der Waals surface area (Å²) in [5.41, 5.74) is 2.35. The third-order valence-corrected chi connectivity index (χ3v) is 3.79. The summed E-state index contributed by atoms with van der Waals surface area (Å²) in [6.45, 7) is 9.76. The first-order valence-corrected chi connectivity index (χ1v) is 8.47. The predicted molar refractivity (Wildman–Crippen MR) is 98.5 cm³/mol. The number of anilines is 2. The number of carbonyl (C=O) groups is 1. The van der Waals surface area contributed by atoms with Crippen molar-refractivity contribution in [2.45, 2.75) is 34.1 Å². The second-order valence-electron chi connectivity index (χ2n) is 6.30. The molecule has 0 bridgehead atoms. The molecule has 0 unspecified atom stereocenters. The van der Waals surface area contributed by atoms with Crippen molar-refractivity contribution in [3.05, 3.63) is 47.7 Å². The Bertz CT molecular complexity index is 667. The van der Waals surface area contributed by atoms with Gasteiger partial charge in [0.15, 0.2) is 5.69 Å². The minimum Gasteiger partial charge on any atom is -0.369 e. The first-order valence-electron chi connectivity index (χ1n) is 8.47. The van der Waals surface area contributed by atoms with Gasteiger partial charge in [-0.25, -0.2) is 0 Å². The molecule has 0 saturated heterocycles. The van der Waals surface area contributed by atoms with Crippen LogP contribution in [0.5, 0.6) is 0 Å². The van der Waals surface area contributed by atoms with Gasteiger partial charge in [-0.3, -0.25) is 4.79 Å². The van der Waals surface area contributed by atoms with Crippen LogP contribution in [0.25, 0.3) is 0 Å². The summed E-state index contributed by atoms with van der Waals surface area (Å²) in [7, 11) is 0. The number of amides is 1. The summed E-state index contributed by atoms with van der Waals surface area (Å²) in [5.74, 6) is 1.20. The molecule has 5 nitrogen and oxygen atoms in total. The monoisotopic (exact) mass is 326 g/mol. The first-order chi connectivity index (χ1) is 11.5. The van der Waals surface area contributed by atoms with Gasteiger partial charge in [0.1, 0.15) is 5.82 Å². The normalized spacial score (nSPS) is 10.7. The van der Waals surface area contributed by atoms with E-state index in [0.717, 1.165) is 24.2 Å². The highest BCUT2D eigenvalue weighted by molar-refractivity contribution is 6.04. The van der Waals surface area contributed by atoms with Gasteiger partial charge in [-0.05, 0) is 56.0 Å². The van der Waals surface area contributed by atoms with Gasteiger partial charge in [0, 0.05) is 18.8 Å². The van der Waals surface area contributed by atoms with Crippen molar-refractivity contribution in [2.24, 2.45) is 5.92 Å². The number of hydrogen-bond donors (Lipinski definition) is 1. The van der Waals surface area contributed by atoms with Crippen molar-refractivity contribution in [3.63, 3.8) is 0 Å². The predicted octanol–water partition coefficient (Wildman–Crippen LogP) is 3.91. The zero-order valence-corrected chi connectivity index (χ0v) is 14.9. The molecule has 0 atom stereocenters. The Hall–Kier alpha value is -2.43. The first kappa shape index (κ1) is 17.9. The molecule has 0 spiro atoms. The molecular weight excluding hydrogens is 300 g/mol. The smallest absolute Gasteiger partial charge is 0.278 e. The van der Waals surface area contributed by atoms with E-state index in [1.165, 1.54) is 0 Å². The van der Waals surface area contributed by atoms with Gasteiger partial charge in [0.25, 0.3) is 5.91 Å². The number of hydrogen-bond acceptors (Lipinski definition) is 4. The molecular formula is C19H26N4O. The van der Waals surface area contributed by atoms with E-state index >= 15 is 0 Å². The highest BCUT2D eigenvalue weighted by Crippen LogP contribution is 2.18. The molecule has 2 aromatic rings. The second kappa shape index (κ2) is 8.43. The Morgan fingerprint density at radius 1 is 1.21 bits per heavy atom. The minimum atomic E-state index is -0.135. The third kappa shape index (κ3) is 4.78. The van der Waals surface area contributed by atoms with Gasteiger partial charge in [-0.1, -0.05) is 26.0 Å². The third-order valence-electron chi connectivity index (χ3n) is 3.79. The zero-order chi connectivity index (χ0) is 17.5. The molecule has 1 N–H and O–H groups in total. The Morgan fingerprint density at radius 2 is 2.00 bits per heavy atom. The standard InChI is InChI=1S/C19H26N4O/c1-5-23(16-8-6-7-15(4)13-16)19(24)17-9-10-18(22-21-17)20-12-11-14(2)3/h6-10,13-14H,5,11-12H2,1-4H3,(H,20,22). The van der Waals surface area contributed by atoms with Gasteiger partial charge in [-0.15, -0.1) is 10.2 Å². The van der Waals surface area contributed by atoms with E-state index in [1.807, 2.05) is 44.2 Å². The molecule has 5 heteroatoms. The van der Waals surface area contributed by atoms with Gasteiger partial charge < -0.3 is 10.2 Å². The average molecular weight is 326 g/mol. The molecule has 128 valence electrons. The lowest BCUT2D eigenvalue weighted by Crippen LogP contribution is -2.31. The molecule has 24 heavy (non-hydrogen) atoms. The van der Waals surface area contributed by atoms with Crippen LogP contribution in [0.1, 0.15) is 43.2 Å². The van der Waals surface area contributed by atoms with Crippen LogP contribution in [0.2, 0.25) is 0 Å². The molecule has 0 aliphatic heterocycles. The summed E-state index contributed by atoms with van der Waals surface area (Å²) in [5, 5.41) is 11.4. The van der Waals surface area contributed by atoms with Gasteiger partial charge in [0.2, 0.25) is 0 Å². The van der Waals surface area contributed by atoms with Gasteiger partial charge >= 0.3 is 0 Å². The maximum atomic E-state index is 12.7. The molecule has 1 amide bonds. The van der Waals surface area contributed by atoms with Crippen molar-refractivity contribution in [1.82, 2.24) is 10.2 Å². The summed E-state index contributed by atoms with van der Waals surface area (Å²) in [6, 6.07) is 11.4. The summed E-state index contributed by atoms with van der Waals surface area (Å²) >= 11 is 0. The molecule has 0 aliphatic carbocycles. The van der Waals surface area contributed by atoms with Crippen molar-refractivity contribution in [3.8, 4) is 0 Å². The van der Waals surface area contributed by atoms with Crippen molar-refractivity contribution in [2.75, 3.05) is 23.3 Å². The van der Waals surface area contributed by atoms with Gasteiger partial charge in [0.05, 0.1) is 0 Å². The lowest BCUT2D eigenvalue weighted by molar-refractivity contribution is 0.0982. The van der Waals surface area contributed by atoms with E-state index < -0.39 is 0 Å². The van der Waals surface area contributed by atoms with Crippen LogP contribution in [0.3, 0.4) is 0 Å². The van der Waals surface area contributed by atoms with Crippen LogP contribution in [0.4, 0.5) is 11.5 Å². The van der Waals surface area contributed by atoms with Crippen LogP contribution >= 0.6 is 0 Å². The molecule has 1 aromatic carbocycles. The summed E-state index contributed by atoms with van der Waals surface area (Å²) in [4.78, 5) is 14.4. The Kier molecular flexibility index (Phi) is 6.29. The fourth-order valence-corrected chi connectivity index (χ4v) is 2.41. The topological polar surface area (TPSA) is 58.1 Å². The maximum Gasteiger partial charge on any atom is 0.278 e. The average Bonchev–Trinajstić information content (AvgIpc) is 2.56. The summed E-state index contributed by atoms with van der Waals surface area (Å²) in [6.07, 6.45) is 1.07. The molecule has 1 aromatic heterocycles. The van der Waals surface area contributed by atoms with E-state index in [2.05, 4.69) is 29.4 Å². The molecule has 0 aliphatic rings. The van der Waals surface area contributed by atoms with E-state index in [4.69, 9.17) is 0 Å².